The Morgan fingerprint density at radius 3 is 2.82 bits per heavy atom. The van der Waals surface area contributed by atoms with Gasteiger partial charge in [0.15, 0.2) is 5.76 Å². The van der Waals surface area contributed by atoms with Crippen molar-refractivity contribution in [3.8, 4) is 0 Å². The molecule has 5 nitrogen and oxygen atoms in total. The summed E-state index contributed by atoms with van der Waals surface area (Å²) in [5.74, 6) is 0.196. The van der Waals surface area contributed by atoms with Gasteiger partial charge in [-0.15, -0.1) is 21.5 Å². The van der Waals surface area contributed by atoms with Crippen molar-refractivity contribution >= 4 is 28.2 Å². The number of furan rings is 1. The maximum atomic E-state index is 12.3. The fourth-order valence-electron chi connectivity index (χ4n) is 2.35. The van der Waals surface area contributed by atoms with Crippen LogP contribution < -0.4 is 5.32 Å². The second-order valence-corrected chi connectivity index (χ2v) is 6.54. The molecule has 6 heteroatoms. The highest BCUT2D eigenvalue weighted by Gasteiger charge is 2.17. The van der Waals surface area contributed by atoms with Crippen LogP contribution in [0.2, 0.25) is 0 Å². The Kier molecular flexibility index (Phi) is 3.94. The molecule has 3 aromatic rings. The topological polar surface area (TPSA) is 68.0 Å². The van der Waals surface area contributed by atoms with Crippen LogP contribution in [0, 0.1) is 20.8 Å². The van der Waals surface area contributed by atoms with Crippen molar-refractivity contribution in [1.82, 2.24) is 15.5 Å². The first-order chi connectivity index (χ1) is 10.5. The van der Waals surface area contributed by atoms with Crippen LogP contribution in [0.3, 0.4) is 0 Å². The van der Waals surface area contributed by atoms with Crippen molar-refractivity contribution in [3.63, 3.8) is 0 Å². The molecule has 0 spiro atoms. The summed E-state index contributed by atoms with van der Waals surface area (Å²) in [4.78, 5) is 12.3. The predicted molar refractivity (Wildman–Crippen MR) is 86.4 cm³/mol. The molecular formula is C16H17N3O2S. The van der Waals surface area contributed by atoms with E-state index in [0.29, 0.717) is 18.7 Å². The number of amides is 1. The Labute approximate surface area is 132 Å². The predicted octanol–water partition coefficient (Wildman–Crippen LogP) is 3.18. The van der Waals surface area contributed by atoms with Gasteiger partial charge in [0.2, 0.25) is 0 Å². The summed E-state index contributed by atoms with van der Waals surface area (Å²) in [6.07, 6.45) is 0.676. The van der Waals surface area contributed by atoms with Gasteiger partial charge in [0.25, 0.3) is 5.91 Å². The second-order valence-electron chi connectivity index (χ2n) is 5.28. The summed E-state index contributed by atoms with van der Waals surface area (Å²) in [6, 6.07) is 5.96. The van der Waals surface area contributed by atoms with Crippen LogP contribution in [0.4, 0.5) is 0 Å². The zero-order valence-corrected chi connectivity index (χ0v) is 13.6. The van der Waals surface area contributed by atoms with Gasteiger partial charge < -0.3 is 9.73 Å². The zero-order valence-electron chi connectivity index (χ0n) is 12.8. The highest BCUT2D eigenvalue weighted by atomic mass is 32.1. The molecule has 3 rings (SSSR count). The normalized spacial score (nSPS) is 11.0. The van der Waals surface area contributed by atoms with Gasteiger partial charge in [-0.05, 0) is 32.4 Å². The molecule has 0 atom stereocenters. The fourth-order valence-corrected chi connectivity index (χ4v) is 3.06. The molecule has 1 aromatic carbocycles. The molecule has 0 aliphatic rings. The number of hydrogen-bond acceptors (Lipinski definition) is 5. The van der Waals surface area contributed by atoms with Crippen LogP contribution in [0.1, 0.15) is 31.7 Å². The summed E-state index contributed by atoms with van der Waals surface area (Å²) in [7, 11) is 0. The fraction of sp³-hybridized carbons (Fsp3) is 0.312. The molecule has 0 saturated carbocycles. The van der Waals surface area contributed by atoms with E-state index in [2.05, 4.69) is 15.5 Å². The van der Waals surface area contributed by atoms with Crippen LogP contribution >= 0.6 is 11.3 Å². The van der Waals surface area contributed by atoms with Crippen molar-refractivity contribution in [2.75, 3.05) is 6.54 Å². The van der Waals surface area contributed by atoms with Gasteiger partial charge in [-0.1, -0.05) is 12.1 Å². The molecule has 114 valence electrons. The molecule has 1 amide bonds. The maximum Gasteiger partial charge on any atom is 0.287 e. The first kappa shape index (κ1) is 14.7. The number of hydrogen-bond donors (Lipinski definition) is 1. The molecule has 0 bridgehead atoms. The summed E-state index contributed by atoms with van der Waals surface area (Å²) >= 11 is 1.55. The molecular weight excluding hydrogens is 298 g/mol. The Hall–Kier alpha value is -2.21. The number of carbonyl (C=O) groups excluding carboxylic acids is 1. The Bertz CT molecular complexity index is 835. The third-order valence-corrected chi connectivity index (χ3v) is 4.39. The number of aromatic nitrogens is 2. The lowest BCUT2D eigenvalue weighted by molar-refractivity contribution is 0.0927. The van der Waals surface area contributed by atoms with Crippen molar-refractivity contribution in [1.29, 1.82) is 0 Å². The van der Waals surface area contributed by atoms with Crippen LogP contribution in [0.15, 0.2) is 22.6 Å². The van der Waals surface area contributed by atoms with Crippen LogP contribution in [-0.4, -0.2) is 22.6 Å². The molecule has 22 heavy (non-hydrogen) atoms. The van der Waals surface area contributed by atoms with Gasteiger partial charge >= 0.3 is 0 Å². The van der Waals surface area contributed by atoms with E-state index in [1.54, 1.807) is 11.3 Å². The number of fused-ring (bicyclic) bond motifs is 1. The van der Waals surface area contributed by atoms with E-state index in [0.717, 1.165) is 32.1 Å². The first-order valence-corrected chi connectivity index (χ1v) is 7.93. The van der Waals surface area contributed by atoms with Crippen LogP contribution in [-0.2, 0) is 6.42 Å². The monoisotopic (exact) mass is 315 g/mol. The number of benzene rings is 1. The first-order valence-electron chi connectivity index (χ1n) is 7.11. The van der Waals surface area contributed by atoms with Crippen LogP contribution in [0.25, 0.3) is 11.0 Å². The van der Waals surface area contributed by atoms with Crippen molar-refractivity contribution in [2.45, 2.75) is 27.2 Å². The molecule has 0 radical (unpaired) electrons. The average Bonchev–Trinajstić information content (AvgIpc) is 3.03. The third-order valence-electron chi connectivity index (χ3n) is 3.49. The van der Waals surface area contributed by atoms with Gasteiger partial charge in [-0.2, -0.15) is 0 Å². The molecule has 2 heterocycles. The van der Waals surface area contributed by atoms with E-state index >= 15 is 0 Å². The van der Waals surface area contributed by atoms with Gasteiger partial charge in [-0.3, -0.25) is 4.79 Å². The second kappa shape index (κ2) is 5.88. The van der Waals surface area contributed by atoms with Gasteiger partial charge in [0, 0.05) is 23.9 Å². The average molecular weight is 315 g/mol. The largest absolute Gasteiger partial charge is 0.451 e. The Morgan fingerprint density at radius 1 is 1.27 bits per heavy atom. The van der Waals surface area contributed by atoms with Gasteiger partial charge in [0.1, 0.15) is 15.6 Å². The minimum Gasteiger partial charge on any atom is -0.451 e. The molecule has 0 aliphatic carbocycles. The SMILES string of the molecule is Cc1ccc2c(C)c(C(=O)NCCc3nnc(C)s3)oc2c1. The zero-order chi connectivity index (χ0) is 15.7. The van der Waals surface area contributed by atoms with E-state index in [4.69, 9.17) is 4.42 Å². The minimum atomic E-state index is -0.187. The lowest BCUT2D eigenvalue weighted by Crippen LogP contribution is -2.25. The number of nitrogens with zero attached hydrogens (tertiary/aromatic N) is 2. The quantitative estimate of drug-likeness (QED) is 0.803. The number of aryl methyl sites for hydroxylation is 3. The molecule has 0 unspecified atom stereocenters. The third kappa shape index (κ3) is 2.87. The molecule has 2 aromatic heterocycles. The van der Waals surface area contributed by atoms with E-state index in [-0.39, 0.29) is 5.91 Å². The standard InChI is InChI=1S/C16H17N3O2S/c1-9-4-5-12-10(2)15(21-13(12)8-9)16(20)17-7-6-14-19-18-11(3)22-14/h4-5,8H,6-7H2,1-3H3,(H,17,20). The minimum absolute atomic E-state index is 0.187. The summed E-state index contributed by atoms with van der Waals surface area (Å²) in [6.45, 7) is 6.34. The summed E-state index contributed by atoms with van der Waals surface area (Å²) < 4.78 is 5.71. The Morgan fingerprint density at radius 2 is 2.09 bits per heavy atom. The smallest absolute Gasteiger partial charge is 0.287 e. The number of nitrogens with one attached hydrogen (secondary N) is 1. The van der Waals surface area contributed by atoms with E-state index in [1.165, 1.54) is 0 Å². The molecule has 1 N–H and O–H groups in total. The number of rotatable bonds is 4. The van der Waals surface area contributed by atoms with Gasteiger partial charge in [0.05, 0.1) is 0 Å². The Balaban J connectivity index is 1.70. The van der Waals surface area contributed by atoms with E-state index < -0.39 is 0 Å². The van der Waals surface area contributed by atoms with Crippen molar-refractivity contribution in [2.24, 2.45) is 0 Å². The van der Waals surface area contributed by atoms with E-state index in [1.807, 2.05) is 39.0 Å². The highest BCUT2D eigenvalue weighted by molar-refractivity contribution is 7.11. The molecule has 0 fully saturated rings. The van der Waals surface area contributed by atoms with E-state index in [9.17, 15) is 4.79 Å². The van der Waals surface area contributed by atoms with Crippen molar-refractivity contribution < 1.29 is 9.21 Å². The van der Waals surface area contributed by atoms with Crippen LogP contribution in [0.5, 0.6) is 0 Å². The molecule has 0 saturated heterocycles. The van der Waals surface area contributed by atoms with Crippen molar-refractivity contribution in [3.05, 3.63) is 45.1 Å². The van der Waals surface area contributed by atoms with Gasteiger partial charge in [-0.25, -0.2) is 0 Å². The molecule has 0 aliphatic heterocycles. The summed E-state index contributed by atoms with van der Waals surface area (Å²) in [5.41, 5.74) is 2.74. The summed E-state index contributed by atoms with van der Waals surface area (Å²) in [5, 5.41) is 13.7. The number of carbonyl (C=O) groups is 1. The lowest BCUT2D eigenvalue weighted by Gasteiger charge is -2.01. The maximum absolute atomic E-state index is 12.3. The lowest BCUT2D eigenvalue weighted by atomic mass is 10.1. The highest BCUT2D eigenvalue weighted by Crippen LogP contribution is 2.26.